The van der Waals surface area contributed by atoms with E-state index >= 15 is 0 Å². The summed E-state index contributed by atoms with van der Waals surface area (Å²) in [6.45, 7) is 4.44. The Morgan fingerprint density at radius 1 is 0.842 bits per heavy atom. The summed E-state index contributed by atoms with van der Waals surface area (Å²) in [5.74, 6) is -0.867. The van der Waals surface area contributed by atoms with Crippen molar-refractivity contribution in [3.8, 4) is 0 Å². The number of ether oxygens (including phenoxy) is 1. The van der Waals surface area contributed by atoms with E-state index in [4.69, 9.17) is 10.5 Å². The minimum absolute atomic E-state index is 0.0575. The van der Waals surface area contributed by atoms with Crippen LogP contribution >= 0.6 is 0 Å². The Morgan fingerprint density at radius 2 is 1.45 bits per heavy atom. The van der Waals surface area contributed by atoms with Crippen molar-refractivity contribution < 1.29 is 23.9 Å². The zero-order valence-electron chi connectivity index (χ0n) is 22.2. The maximum Gasteiger partial charge on any atom is 0.408 e. The fourth-order valence-electron chi connectivity index (χ4n) is 3.91. The highest BCUT2D eigenvalue weighted by molar-refractivity contribution is 5.92. The largest absolute Gasteiger partial charge is 0.445 e. The molecule has 9 heteroatoms. The summed E-state index contributed by atoms with van der Waals surface area (Å²) in [5.41, 5.74) is 7.17. The summed E-state index contributed by atoms with van der Waals surface area (Å²) in [6, 6.07) is 16.0. The number of hydrogen-bond donors (Lipinski definition) is 4. The molecule has 0 saturated heterocycles. The fourth-order valence-corrected chi connectivity index (χ4v) is 3.91. The van der Waals surface area contributed by atoms with Gasteiger partial charge in [-0.15, -0.1) is 0 Å². The van der Waals surface area contributed by atoms with E-state index in [0.29, 0.717) is 32.1 Å². The molecule has 0 bridgehead atoms. The van der Waals surface area contributed by atoms with Gasteiger partial charge in [-0.25, -0.2) is 4.79 Å². The number of rotatable bonds is 16. The summed E-state index contributed by atoms with van der Waals surface area (Å²) >= 11 is 0. The van der Waals surface area contributed by atoms with E-state index in [0.717, 1.165) is 17.5 Å². The summed E-state index contributed by atoms with van der Waals surface area (Å²) in [5, 5.41) is 8.16. The molecule has 2 aromatic rings. The van der Waals surface area contributed by atoms with Gasteiger partial charge in [-0.1, -0.05) is 74.5 Å². The highest BCUT2D eigenvalue weighted by Crippen LogP contribution is 2.10. The van der Waals surface area contributed by atoms with E-state index < -0.39 is 36.0 Å². The number of amides is 3. The first kappa shape index (κ1) is 30.5. The van der Waals surface area contributed by atoms with Crippen LogP contribution < -0.4 is 21.7 Å². The molecule has 206 valence electrons. The number of carbonyl (C=O) groups is 4. The lowest BCUT2D eigenvalue weighted by atomic mass is 10.0. The maximum atomic E-state index is 13.4. The van der Waals surface area contributed by atoms with E-state index in [2.05, 4.69) is 16.0 Å². The van der Waals surface area contributed by atoms with E-state index in [-0.39, 0.29) is 18.9 Å². The first-order valence-corrected chi connectivity index (χ1v) is 13.1. The first-order chi connectivity index (χ1) is 18.3. The van der Waals surface area contributed by atoms with E-state index in [9.17, 15) is 19.2 Å². The second kappa shape index (κ2) is 16.9. The molecule has 0 aromatic heterocycles. The third kappa shape index (κ3) is 11.6. The number of hydrogen-bond acceptors (Lipinski definition) is 6. The Balaban J connectivity index is 2.10. The fraction of sp³-hybridized carbons (Fsp3) is 0.448. The SMILES string of the molecule is CC(C)CC(NC(=O)C(Cc1ccccc1)NC(=O)OCc1ccccc1)C(=O)NC(C=O)CCCCN. The van der Waals surface area contributed by atoms with Crippen LogP contribution in [0.2, 0.25) is 0 Å². The van der Waals surface area contributed by atoms with Crippen LogP contribution in [0.1, 0.15) is 50.7 Å². The van der Waals surface area contributed by atoms with Crippen LogP contribution in [0.5, 0.6) is 0 Å². The van der Waals surface area contributed by atoms with Gasteiger partial charge < -0.3 is 31.2 Å². The van der Waals surface area contributed by atoms with Crippen LogP contribution in [0.3, 0.4) is 0 Å². The highest BCUT2D eigenvalue weighted by atomic mass is 16.5. The molecule has 0 fully saturated rings. The van der Waals surface area contributed by atoms with Gasteiger partial charge in [0.15, 0.2) is 0 Å². The predicted molar refractivity (Wildman–Crippen MR) is 146 cm³/mol. The van der Waals surface area contributed by atoms with Gasteiger partial charge in [0, 0.05) is 6.42 Å². The molecule has 38 heavy (non-hydrogen) atoms. The Labute approximate surface area is 224 Å². The van der Waals surface area contributed by atoms with Crippen LogP contribution in [0.25, 0.3) is 0 Å². The quantitative estimate of drug-likeness (QED) is 0.197. The number of aldehydes is 1. The van der Waals surface area contributed by atoms with Gasteiger partial charge in [-0.3, -0.25) is 9.59 Å². The van der Waals surface area contributed by atoms with Crippen molar-refractivity contribution in [1.82, 2.24) is 16.0 Å². The third-order valence-corrected chi connectivity index (χ3v) is 5.91. The lowest BCUT2D eigenvalue weighted by molar-refractivity contribution is -0.131. The number of carbonyl (C=O) groups excluding carboxylic acids is 4. The molecule has 3 amide bonds. The van der Waals surface area contributed by atoms with Crippen LogP contribution in [0.4, 0.5) is 4.79 Å². The molecule has 3 unspecified atom stereocenters. The van der Waals surface area contributed by atoms with Crippen LogP contribution in [0, 0.1) is 5.92 Å². The smallest absolute Gasteiger partial charge is 0.408 e. The molecule has 0 heterocycles. The topological polar surface area (TPSA) is 140 Å². The molecular formula is C29H40N4O5. The van der Waals surface area contributed by atoms with Gasteiger partial charge >= 0.3 is 6.09 Å². The van der Waals surface area contributed by atoms with Gasteiger partial charge in [-0.05, 0) is 49.3 Å². The normalized spacial score (nSPS) is 13.2. The van der Waals surface area contributed by atoms with Crippen LogP contribution in [-0.4, -0.2) is 48.9 Å². The number of nitrogens with one attached hydrogen (secondary N) is 3. The molecule has 0 spiro atoms. The van der Waals surface area contributed by atoms with E-state index in [1.54, 1.807) is 0 Å². The van der Waals surface area contributed by atoms with Crippen molar-refractivity contribution in [2.24, 2.45) is 11.7 Å². The van der Waals surface area contributed by atoms with Gasteiger partial charge in [0.2, 0.25) is 11.8 Å². The number of benzene rings is 2. The summed E-state index contributed by atoms with van der Waals surface area (Å²) in [4.78, 5) is 50.5. The van der Waals surface area contributed by atoms with Crippen molar-refractivity contribution in [3.63, 3.8) is 0 Å². The molecule has 0 radical (unpaired) electrons. The molecule has 5 N–H and O–H groups in total. The van der Waals surface area contributed by atoms with Crippen molar-refractivity contribution in [3.05, 3.63) is 71.8 Å². The highest BCUT2D eigenvalue weighted by Gasteiger charge is 2.29. The van der Waals surface area contributed by atoms with Crippen LogP contribution in [0.15, 0.2) is 60.7 Å². The average Bonchev–Trinajstić information content (AvgIpc) is 2.91. The van der Waals surface area contributed by atoms with Gasteiger partial charge in [-0.2, -0.15) is 0 Å². The molecule has 0 saturated carbocycles. The number of unbranched alkanes of at least 4 members (excludes halogenated alkanes) is 1. The van der Waals surface area contributed by atoms with Crippen molar-refractivity contribution in [1.29, 1.82) is 0 Å². The zero-order chi connectivity index (χ0) is 27.8. The minimum Gasteiger partial charge on any atom is -0.445 e. The van der Waals surface area contributed by atoms with Crippen molar-refractivity contribution in [2.75, 3.05) is 6.54 Å². The predicted octanol–water partition coefficient (Wildman–Crippen LogP) is 2.87. The van der Waals surface area contributed by atoms with E-state index in [1.165, 1.54) is 0 Å². The Kier molecular flexibility index (Phi) is 13.6. The Morgan fingerprint density at radius 3 is 2.03 bits per heavy atom. The summed E-state index contributed by atoms with van der Waals surface area (Å²) in [6.07, 6.45) is 2.46. The molecular weight excluding hydrogens is 484 g/mol. The summed E-state index contributed by atoms with van der Waals surface area (Å²) < 4.78 is 5.32. The monoisotopic (exact) mass is 524 g/mol. The molecule has 2 aromatic carbocycles. The van der Waals surface area contributed by atoms with Gasteiger partial charge in [0.05, 0.1) is 6.04 Å². The number of alkyl carbamates (subject to hydrolysis) is 1. The van der Waals surface area contributed by atoms with Crippen molar-refractivity contribution in [2.45, 2.75) is 70.7 Å². The Hall–Kier alpha value is -3.72. The van der Waals surface area contributed by atoms with E-state index in [1.807, 2.05) is 74.5 Å². The maximum absolute atomic E-state index is 13.4. The average molecular weight is 525 g/mol. The molecule has 2 rings (SSSR count). The first-order valence-electron chi connectivity index (χ1n) is 13.1. The Bertz CT molecular complexity index is 1000. The summed E-state index contributed by atoms with van der Waals surface area (Å²) in [7, 11) is 0. The standard InChI is InChI=1S/C29H40N4O5/c1-21(2)17-25(27(35)31-24(19-34)15-9-10-16-30)32-28(36)26(18-22-11-5-3-6-12-22)33-29(37)38-20-23-13-7-4-8-14-23/h3-8,11-14,19,21,24-26H,9-10,15-18,20,30H2,1-2H3,(H,31,35)(H,32,36)(H,33,37). The van der Waals surface area contributed by atoms with Gasteiger partial charge in [0.1, 0.15) is 25.0 Å². The molecule has 0 aliphatic heterocycles. The molecule has 3 atom stereocenters. The molecule has 0 aliphatic carbocycles. The second-order valence-electron chi connectivity index (χ2n) is 9.67. The lowest BCUT2D eigenvalue weighted by Crippen LogP contribution is -2.56. The molecule has 9 nitrogen and oxygen atoms in total. The molecule has 0 aliphatic rings. The van der Waals surface area contributed by atoms with Gasteiger partial charge in [0.25, 0.3) is 0 Å². The van der Waals surface area contributed by atoms with Crippen LogP contribution in [-0.2, 0) is 32.1 Å². The van der Waals surface area contributed by atoms with Crippen molar-refractivity contribution >= 4 is 24.2 Å². The lowest BCUT2D eigenvalue weighted by Gasteiger charge is -2.25. The minimum atomic E-state index is -0.977. The second-order valence-corrected chi connectivity index (χ2v) is 9.67. The number of nitrogens with two attached hydrogens (primary N) is 1. The third-order valence-electron chi connectivity index (χ3n) is 5.91. The zero-order valence-corrected chi connectivity index (χ0v) is 22.2.